The molecule has 22 heavy (non-hydrogen) atoms. The van der Waals surface area contributed by atoms with Gasteiger partial charge in [0.25, 0.3) is 0 Å². The van der Waals surface area contributed by atoms with Gasteiger partial charge in [-0.3, -0.25) is 4.79 Å². The third-order valence-corrected chi connectivity index (χ3v) is 4.94. The van der Waals surface area contributed by atoms with Crippen LogP contribution < -0.4 is 0 Å². The SMILES string of the molecule is C/C(=C\Cc1c(C)c(C)c2c(c1O)C(=O)CC2)CCC(C)C. The summed E-state index contributed by atoms with van der Waals surface area (Å²) in [5, 5.41) is 10.6. The van der Waals surface area contributed by atoms with Crippen molar-refractivity contribution >= 4 is 5.78 Å². The molecule has 1 aromatic carbocycles. The number of ketones is 1. The van der Waals surface area contributed by atoms with E-state index < -0.39 is 0 Å². The lowest BCUT2D eigenvalue weighted by molar-refractivity contribution is 0.0992. The van der Waals surface area contributed by atoms with E-state index in [1.54, 1.807) is 0 Å². The van der Waals surface area contributed by atoms with Gasteiger partial charge >= 0.3 is 0 Å². The Hall–Kier alpha value is -1.57. The maximum Gasteiger partial charge on any atom is 0.167 e. The molecule has 2 nitrogen and oxygen atoms in total. The molecule has 1 N–H and O–H groups in total. The van der Waals surface area contributed by atoms with Gasteiger partial charge in [-0.15, -0.1) is 0 Å². The molecular weight excluding hydrogens is 272 g/mol. The minimum Gasteiger partial charge on any atom is -0.507 e. The van der Waals surface area contributed by atoms with Crippen molar-refractivity contribution in [3.05, 3.63) is 39.5 Å². The predicted octanol–water partition coefficient (Wildman–Crippen LogP) is 5.06. The highest BCUT2D eigenvalue weighted by Crippen LogP contribution is 2.38. The highest BCUT2D eigenvalue weighted by atomic mass is 16.3. The van der Waals surface area contributed by atoms with Gasteiger partial charge < -0.3 is 5.11 Å². The summed E-state index contributed by atoms with van der Waals surface area (Å²) in [6.45, 7) is 10.8. The molecule has 0 aliphatic heterocycles. The van der Waals surface area contributed by atoms with Crippen molar-refractivity contribution in [3.8, 4) is 5.75 Å². The summed E-state index contributed by atoms with van der Waals surface area (Å²) in [6.07, 6.45) is 6.52. The topological polar surface area (TPSA) is 37.3 Å². The minimum atomic E-state index is 0.0948. The zero-order chi connectivity index (χ0) is 16.4. The summed E-state index contributed by atoms with van der Waals surface area (Å²) >= 11 is 0. The van der Waals surface area contributed by atoms with Gasteiger partial charge in [0, 0.05) is 12.0 Å². The van der Waals surface area contributed by atoms with E-state index in [-0.39, 0.29) is 11.5 Å². The van der Waals surface area contributed by atoms with E-state index in [0.717, 1.165) is 29.5 Å². The molecule has 2 heteroatoms. The number of fused-ring (bicyclic) bond motifs is 1. The molecule has 0 atom stereocenters. The van der Waals surface area contributed by atoms with E-state index in [0.29, 0.717) is 24.3 Å². The van der Waals surface area contributed by atoms with Crippen LogP contribution in [0.15, 0.2) is 11.6 Å². The van der Waals surface area contributed by atoms with Crippen LogP contribution in [0, 0.1) is 19.8 Å². The molecule has 120 valence electrons. The Morgan fingerprint density at radius 3 is 2.55 bits per heavy atom. The van der Waals surface area contributed by atoms with Crippen LogP contribution in [0.2, 0.25) is 0 Å². The number of hydrogen-bond donors (Lipinski definition) is 1. The Bertz CT molecular complexity index is 621. The van der Waals surface area contributed by atoms with Crippen molar-refractivity contribution in [2.24, 2.45) is 5.92 Å². The van der Waals surface area contributed by atoms with E-state index in [9.17, 15) is 9.90 Å². The molecule has 0 amide bonds. The molecule has 0 fully saturated rings. The molecule has 1 aromatic rings. The standard InChI is InChI=1S/C20H28O2/c1-12(2)6-7-13(3)8-9-17-15(5)14(4)16-10-11-18(21)19(16)20(17)22/h8,12,22H,6-7,9-11H2,1-5H3/b13-8+. The van der Waals surface area contributed by atoms with Crippen molar-refractivity contribution in [3.63, 3.8) is 0 Å². The summed E-state index contributed by atoms with van der Waals surface area (Å²) in [6, 6.07) is 0. The third kappa shape index (κ3) is 3.26. The lowest BCUT2D eigenvalue weighted by Gasteiger charge is -2.15. The van der Waals surface area contributed by atoms with Crippen LogP contribution in [0.5, 0.6) is 5.75 Å². The number of phenols is 1. The van der Waals surface area contributed by atoms with Gasteiger partial charge in [0.2, 0.25) is 0 Å². The first-order valence-electron chi connectivity index (χ1n) is 8.35. The Morgan fingerprint density at radius 1 is 1.23 bits per heavy atom. The highest BCUT2D eigenvalue weighted by Gasteiger charge is 2.28. The van der Waals surface area contributed by atoms with Gasteiger partial charge in [-0.05, 0) is 69.1 Å². The fraction of sp³-hybridized carbons (Fsp3) is 0.550. The fourth-order valence-corrected chi connectivity index (χ4v) is 3.23. The van der Waals surface area contributed by atoms with Crippen LogP contribution in [-0.4, -0.2) is 10.9 Å². The molecule has 0 spiro atoms. The Morgan fingerprint density at radius 2 is 1.91 bits per heavy atom. The number of allylic oxidation sites excluding steroid dienone is 2. The number of aromatic hydroxyl groups is 1. The van der Waals surface area contributed by atoms with Gasteiger partial charge in [-0.1, -0.05) is 25.5 Å². The first-order chi connectivity index (χ1) is 10.3. The minimum absolute atomic E-state index is 0.0948. The summed E-state index contributed by atoms with van der Waals surface area (Å²) < 4.78 is 0. The fourth-order valence-electron chi connectivity index (χ4n) is 3.23. The van der Waals surface area contributed by atoms with Gasteiger partial charge in [-0.25, -0.2) is 0 Å². The van der Waals surface area contributed by atoms with Crippen LogP contribution in [0.4, 0.5) is 0 Å². The van der Waals surface area contributed by atoms with Gasteiger partial charge in [-0.2, -0.15) is 0 Å². The molecule has 1 aliphatic rings. The number of benzene rings is 1. The molecule has 0 heterocycles. The van der Waals surface area contributed by atoms with Crippen LogP contribution in [-0.2, 0) is 12.8 Å². The maximum atomic E-state index is 12.0. The maximum absolute atomic E-state index is 12.0. The molecule has 0 bridgehead atoms. The second-order valence-corrected chi connectivity index (χ2v) is 7.04. The first kappa shape index (κ1) is 16.8. The monoisotopic (exact) mass is 300 g/mol. The Balaban J connectivity index is 2.29. The second-order valence-electron chi connectivity index (χ2n) is 7.04. The van der Waals surface area contributed by atoms with Crippen LogP contribution in [0.3, 0.4) is 0 Å². The smallest absolute Gasteiger partial charge is 0.167 e. The number of rotatable bonds is 5. The molecule has 2 rings (SSSR count). The van der Waals surface area contributed by atoms with Gasteiger partial charge in [0.05, 0.1) is 5.56 Å². The molecule has 0 aromatic heterocycles. The second kappa shape index (κ2) is 6.68. The van der Waals surface area contributed by atoms with E-state index in [2.05, 4.69) is 40.7 Å². The van der Waals surface area contributed by atoms with E-state index in [4.69, 9.17) is 0 Å². The Labute approximate surface area is 134 Å². The molecule has 0 saturated carbocycles. The normalized spacial score (nSPS) is 14.8. The molecule has 0 radical (unpaired) electrons. The third-order valence-electron chi connectivity index (χ3n) is 4.94. The van der Waals surface area contributed by atoms with Crippen molar-refractivity contribution < 1.29 is 9.90 Å². The number of carbonyl (C=O) groups is 1. The summed E-state index contributed by atoms with van der Waals surface area (Å²) in [5.74, 6) is 1.03. The van der Waals surface area contributed by atoms with E-state index in [1.165, 1.54) is 17.6 Å². The Kier molecular flexibility index (Phi) is 5.10. The lowest BCUT2D eigenvalue weighted by atomic mass is 9.91. The average molecular weight is 300 g/mol. The number of carbonyl (C=O) groups excluding carboxylic acids is 1. The number of hydrogen-bond acceptors (Lipinski definition) is 2. The highest BCUT2D eigenvalue weighted by molar-refractivity contribution is 6.03. The predicted molar refractivity (Wildman–Crippen MR) is 91.8 cm³/mol. The van der Waals surface area contributed by atoms with Crippen LogP contribution in [0.1, 0.15) is 72.6 Å². The zero-order valence-electron chi connectivity index (χ0n) is 14.5. The van der Waals surface area contributed by atoms with Gasteiger partial charge in [0.15, 0.2) is 5.78 Å². The van der Waals surface area contributed by atoms with Gasteiger partial charge in [0.1, 0.15) is 5.75 Å². The quantitative estimate of drug-likeness (QED) is 0.771. The number of phenolic OH excluding ortho intramolecular Hbond substituents is 1. The van der Waals surface area contributed by atoms with Crippen molar-refractivity contribution in [1.82, 2.24) is 0 Å². The molecule has 0 saturated heterocycles. The van der Waals surface area contributed by atoms with Crippen molar-refractivity contribution in [2.75, 3.05) is 0 Å². The molecule has 0 unspecified atom stereocenters. The largest absolute Gasteiger partial charge is 0.507 e. The van der Waals surface area contributed by atoms with Crippen LogP contribution in [0.25, 0.3) is 0 Å². The van der Waals surface area contributed by atoms with Crippen LogP contribution >= 0.6 is 0 Å². The summed E-state index contributed by atoms with van der Waals surface area (Å²) in [5.41, 5.74) is 6.25. The molecular formula is C20H28O2. The van der Waals surface area contributed by atoms with E-state index in [1.807, 2.05) is 0 Å². The molecule has 1 aliphatic carbocycles. The number of Topliss-reactive ketones (excluding diaryl/α,β-unsaturated/α-hetero) is 1. The average Bonchev–Trinajstić information content (AvgIpc) is 2.85. The zero-order valence-corrected chi connectivity index (χ0v) is 14.5. The van der Waals surface area contributed by atoms with E-state index >= 15 is 0 Å². The summed E-state index contributed by atoms with van der Waals surface area (Å²) in [4.78, 5) is 12.0. The van der Waals surface area contributed by atoms with Crippen molar-refractivity contribution in [1.29, 1.82) is 0 Å². The summed E-state index contributed by atoms with van der Waals surface area (Å²) in [7, 11) is 0. The first-order valence-corrected chi connectivity index (χ1v) is 8.35. The van der Waals surface area contributed by atoms with Crippen molar-refractivity contribution in [2.45, 2.75) is 66.7 Å². The lowest BCUT2D eigenvalue weighted by Crippen LogP contribution is -2.02.